The van der Waals surface area contributed by atoms with Gasteiger partial charge in [0.25, 0.3) is 0 Å². The van der Waals surface area contributed by atoms with Gasteiger partial charge in [-0.15, -0.1) is 0 Å². The zero-order chi connectivity index (χ0) is 23.3. The lowest BCUT2D eigenvalue weighted by atomic mass is 9.40. The van der Waals surface area contributed by atoms with E-state index >= 15 is 0 Å². The summed E-state index contributed by atoms with van der Waals surface area (Å²) in [5.74, 6) is 4.00. The highest BCUT2D eigenvalue weighted by Gasteiger charge is 2.65. The van der Waals surface area contributed by atoms with Crippen molar-refractivity contribution in [3.05, 3.63) is 0 Å². The first-order valence-electron chi connectivity index (χ1n) is 13.7. The monoisotopic (exact) mass is 444 g/mol. The highest BCUT2D eigenvalue weighted by Crippen LogP contribution is 2.71. The number of ketones is 1. The molecule has 182 valence electrons. The van der Waals surface area contributed by atoms with Crippen LogP contribution in [0.25, 0.3) is 0 Å². The maximum atomic E-state index is 12.8. The summed E-state index contributed by atoms with van der Waals surface area (Å²) in [5, 5.41) is 10.6. The molecule has 0 aromatic carbocycles. The molecule has 1 aliphatic heterocycles. The molecule has 0 aromatic heterocycles. The molecule has 3 heteroatoms. The van der Waals surface area contributed by atoms with Crippen molar-refractivity contribution in [1.82, 2.24) is 0 Å². The number of Topliss-reactive ketones (excluding diaryl/α,β-unsaturated/α-hetero) is 1. The Bertz CT molecular complexity index is 780. The van der Waals surface area contributed by atoms with Crippen LogP contribution in [0.5, 0.6) is 0 Å². The van der Waals surface area contributed by atoms with E-state index in [1.165, 1.54) is 38.5 Å². The second-order valence-electron chi connectivity index (χ2n) is 14.4. The Kier molecular flexibility index (Phi) is 5.15. The van der Waals surface area contributed by atoms with Gasteiger partial charge in [-0.05, 0) is 119 Å². The number of carbonyl (C=O) groups excluding carboxylic acids is 1. The molecule has 0 spiro atoms. The van der Waals surface area contributed by atoms with E-state index in [4.69, 9.17) is 4.74 Å². The van der Waals surface area contributed by atoms with Gasteiger partial charge in [-0.25, -0.2) is 0 Å². The molecule has 5 rings (SSSR count). The number of ether oxygens (including phenoxy) is 1. The molecular weight excluding hydrogens is 396 g/mol. The third-order valence-electron chi connectivity index (χ3n) is 12.2. The molecule has 3 nitrogen and oxygen atoms in total. The Balaban J connectivity index is 1.40. The van der Waals surface area contributed by atoms with Gasteiger partial charge in [0.1, 0.15) is 5.78 Å². The predicted octanol–water partition coefficient (Wildman–Crippen LogP) is 6.56. The summed E-state index contributed by atoms with van der Waals surface area (Å²) in [5.41, 5.74) is -0.250. The van der Waals surface area contributed by atoms with Gasteiger partial charge in [-0.3, -0.25) is 4.79 Å². The fourth-order valence-electron chi connectivity index (χ4n) is 10.4. The Morgan fingerprint density at radius 1 is 0.781 bits per heavy atom. The van der Waals surface area contributed by atoms with Crippen molar-refractivity contribution in [2.75, 3.05) is 0 Å². The minimum Gasteiger partial charge on any atom is -0.388 e. The van der Waals surface area contributed by atoms with Crippen molar-refractivity contribution in [3.8, 4) is 0 Å². The van der Waals surface area contributed by atoms with Gasteiger partial charge in [-0.2, -0.15) is 0 Å². The van der Waals surface area contributed by atoms with Crippen LogP contribution in [0.15, 0.2) is 0 Å². The van der Waals surface area contributed by atoms with E-state index < -0.39 is 5.60 Å². The Labute approximate surface area is 196 Å². The molecule has 32 heavy (non-hydrogen) atoms. The Morgan fingerprint density at radius 2 is 1.38 bits per heavy atom. The normalized spacial score (nSPS) is 52.9. The summed E-state index contributed by atoms with van der Waals surface area (Å²) in [6, 6.07) is 0. The molecule has 5 fully saturated rings. The van der Waals surface area contributed by atoms with Crippen LogP contribution in [-0.4, -0.2) is 28.2 Å². The largest absolute Gasteiger partial charge is 0.388 e. The standard InChI is InChI=1S/C29H48O3/c1-25(2)22-11-10-18-19(28(22,6)16-13-23(25)30)8-9-20-21(12-15-27(18,20)5)29(7)17-14-24(32-29)26(3,4)31/h18-22,24,31H,8-17H2,1-7H3/t18-,19+,20-,21+,22-,24+,27-,28-,29+/m1/s1. The Hall–Kier alpha value is -0.410. The predicted molar refractivity (Wildman–Crippen MR) is 128 cm³/mol. The third kappa shape index (κ3) is 3.08. The summed E-state index contributed by atoms with van der Waals surface area (Å²) < 4.78 is 6.68. The number of hydrogen-bond acceptors (Lipinski definition) is 3. The highest BCUT2D eigenvalue weighted by atomic mass is 16.5. The van der Waals surface area contributed by atoms with Gasteiger partial charge in [0.2, 0.25) is 0 Å². The van der Waals surface area contributed by atoms with E-state index in [0.717, 1.165) is 43.4 Å². The number of rotatable bonds is 2. The number of aliphatic hydroxyl groups is 1. The molecule has 0 amide bonds. The molecule has 0 bridgehead atoms. The second kappa shape index (κ2) is 7.06. The van der Waals surface area contributed by atoms with E-state index in [1.807, 2.05) is 13.8 Å². The van der Waals surface area contributed by atoms with Crippen LogP contribution in [0.3, 0.4) is 0 Å². The number of carbonyl (C=O) groups is 1. The molecule has 4 saturated carbocycles. The van der Waals surface area contributed by atoms with E-state index in [0.29, 0.717) is 28.4 Å². The van der Waals surface area contributed by atoms with Gasteiger partial charge < -0.3 is 9.84 Å². The van der Waals surface area contributed by atoms with Gasteiger partial charge >= 0.3 is 0 Å². The van der Waals surface area contributed by atoms with Crippen LogP contribution in [0.1, 0.15) is 113 Å². The molecule has 1 N–H and O–H groups in total. The fourth-order valence-corrected chi connectivity index (χ4v) is 10.4. The molecule has 0 unspecified atom stereocenters. The third-order valence-corrected chi connectivity index (χ3v) is 12.2. The van der Waals surface area contributed by atoms with Crippen LogP contribution in [0, 0.1) is 45.8 Å². The molecule has 0 aromatic rings. The van der Waals surface area contributed by atoms with Crippen molar-refractivity contribution < 1.29 is 14.6 Å². The summed E-state index contributed by atoms with van der Waals surface area (Å²) in [4.78, 5) is 12.8. The zero-order valence-electron chi connectivity index (χ0n) is 21.8. The molecular formula is C29H48O3. The first-order chi connectivity index (χ1) is 14.7. The van der Waals surface area contributed by atoms with Crippen molar-refractivity contribution in [2.24, 2.45) is 45.8 Å². The summed E-state index contributed by atoms with van der Waals surface area (Å²) in [6.45, 7) is 15.8. The lowest BCUT2D eigenvalue weighted by molar-refractivity contribution is -0.177. The van der Waals surface area contributed by atoms with Crippen LogP contribution in [0.2, 0.25) is 0 Å². The van der Waals surface area contributed by atoms with Gasteiger partial charge in [0.15, 0.2) is 0 Å². The molecule has 0 radical (unpaired) electrons. The second-order valence-corrected chi connectivity index (χ2v) is 14.4. The van der Waals surface area contributed by atoms with Crippen molar-refractivity contribution in [1.29, 1.82) is 0 Å². The fraction of sp³-hybridized carbons (Fsp3) is 0.966. The SMILES string of the molecule is CC(C)(O)[C@@H]1CC[C@@](C)([C@H]2CC[C@]3(C)[C@@H]4CC[C@@H]5C(C)(C)C(=O)CC[C@]5(C)[C@H]4CC[C@H]23)O1. The van der Waals surface area contributed by atoms with E-state index in [2.05, 4.69) is 34.6 Å². The first kappa shape index (κ1) is 23.3. The van der Waals surface area contributed by atoms with Crippen molar-refractivity contribution in [2.45, 2.75) is 130 Å². The number of fused-ring (bicyclic) bond motifs is 5. The molecule has 1 saturated heterocycles. The van der Waals surface area contributed by atoms with Gasteiger partial charge in [0.05, 0.1) is 17.3 Å². The number of hydrogen-bond donors (Lipinski definition) is 1. The van der Waals surface area contributed by atoms with Gasteiger partial charge in [-0.1, -0.05) is 27.7 Å². The highest BCUT2D eigenvalue weighted by molar-refractivity contribution is 5.85. The summed E-state index contributed by atoms with van der Waals surface area (Å²) in [7, 11) is 0. The van der Waals surface area contributed by atoms with Crippen LogP contribution in [0.4, 0.5) is 0 Å². The lowest BCUT2D eigenvalue weighted by Gasteiger charge is -2.64. The molecule has 4 aliphatic carbocycles. The van der Waals surface area contributed by atoms with Crippen LogP contribution >= 0.6 is 0 Å². The first-order valence-corrected chi connectivity index (χ1v) is 13.7. The maximum Gasteiger partial charge on any atom is 0.138 e. The minimum absolute atomic E-state index is 0.0351. The zero-order valence-corrected chi connectivity index (χ0v) is 21.8. The van der Waals surface area contributed by atoms with Gasteiger partial charge in [0, 0.05) is 11.8 Å². The van der Waals surface area contributed by atoms with Crippen LogP contribution in [-0.2, 0) is 9.53 Å². The topological polar surface area (TPSA) is 46.5 Å². The smallest absolute Gasteiger partial charge is 0.138 e. The van der Waals surface area contributed by atoms with E-state index in [-0.39, 0.29) is 17.1 Å². The van der Waals surface area contributed by atoms with E-state index in [9.17, 15) is 9.90 Å². The Morgan fingerprint density at radius 3 is 2.00 bits per heavy atom. The maximum absolute atomic E-state index is 12.8. The quantitative estimate of drug-likeness (QED) is 0.525. The molecule has 5 aliphatic rings. The van der Waals surface area contributed by atoms with Crippen LogP contribution < -0.4 is 0 Å². The van der Waals surface area contributed by atoms with Crippen molar-refractivity contribution in [3.63, 3.8) is 0 Å². The summed E-state index contributed by atoms with van der Waals surface area (Å²) >= 11 is 0. The molecule has 9 atom stereocenters. The van der Waals surface area contributed by atoms with E-state index in [1.54, 1.807) is 0 Å². The minimum atomic E-state index is -0.754. The molecule has 1 heterocycles. The van der Waals surface area contributed by atoms with Crippen molar-refractivity contribution >= 4 is 5.78 Å². The summed E-state index contributed by atoms with van der Waals surface area (Å²) in [6.07, 6.45) is 11.8. The average Bonchev–Trinajstić information content (AvgIpc) is 3.27. The average molecular weight is 445 g/mol. The lowest BCUT2D eigenvalue weighted by Crippen LogP contribution is -2.59.